The van der Waals surface area contributed by atoms with E-state index in [1.807, 2.05) is 6.92 Å². The molecule has 0 fully saturated rings. The van der Waals surface area contributed by atoms with E-state index in [2.05, 4.69) is 5.32 Å². The summed E-state index contributed by atoms with van der Waals surface area (Å²) in [4.78, 5) is 23.9. The van der Waals surface area contributed by atoms with Crippen molar-refractivity contribution in [3.8, 4) is 0 Å². The van der Waals surface area contributed by atoms with Gasteiger partial charge in [0.25, 0.3) is 5.91 Å². The first kappa shape index (κ1) is 17.4. The Bertz CT molecular complexity index is 508. The second kappa shape index (κ2) is 9.31. The van der Waals surface area contributed by atoms with E-state index >= 15 is 0 Å². The van der Waals surface area contributed by atoms with Crippen LogP contribution in [0, 0.1) is 6.92 Å². The lowest BCUT2D eigenvalue weighted by molar-refractivity contribution is -0.131. The van der Waals surface area contributed by atoms with Crippen molar-refractivity contribution in [2.45, 2.75) is 26.2 Å². The molecule has 1 rings (SSSR count). The molecule has 1 aromatic heterocycles. The second-order valence-corrected chi connectivity index (χ2v) is 5.72. The zero-order valence-electron chi connectivity index (χ0n) is 12.3. The van der Waals surface area contributed by atoms with Crippen LogP contribution in [0.3, 0.4) is 0 Å². The number of amides is 1. The molecule has 1 heterocycles. The summed E-state index contributed by atoms with van der Waals surface area (Å²) in [6.07, 6.45) is 5.53. The minimum absolute atomic E-state index is 0.107. The first-order chi connectivity index (χ1) is 10.0. The predicted molar refractivity (Wildman–Crippen MR) is 83.8 cm³/mol. The SMILES string of the molecule is COCCCCCNC(=O)c1cc(C)c(/C=C/C(=O)O)s1. The lowest BCUT2D eigenvalue weighted by atomic mass is 10.2. The Labute approximate surface area is 128 Å². The molecule has 0 aliphatic heterocycles. The normalized spacial score (nSPS) is 11.0. The number of carboxylic acid groups (broad SMARTS) is 1. The number of ether oxygens (including phenoxy) is 1. The van der Waals surface area contributed by atoms with E-state index < -0.39 is 5.97 Å². The molecule has 0 saturated carbocycles. The number of unbranched alkanes of at least 4 members (excludes halogenated alkanes) is 2. The molecule has 1 amide bonds. The van der Waals surface area contributed by atoms with Gasteiger partial charge in [-0.2, -0.15) is 0 Å². The van der Waals surface area contributed by atoms with Crippen LogP contribution in [0.2, 0.25) is 0 Å². The fourth-order valence-corrected chi connectivity index (χ4v) is 2.75. The topological polar surface area (TPSA) is 75.6 Å². The maximum atomic E-state index is 12.0. The van der Waals surface area contributed by atoms with Gasteiger partial charge in [0.1, 0.15) is 0 Å². The zero-order valence-corrected chi connectivity index (χ0v) is 13.2. The fourth-order valence-electron chi connectivity index (χ4n) is 1.76. The summed E-state index contributed by atoms with van der Waals surface area (Å²) in [5.41, 5.74) is 0.905. The molecule has 1 aromatic rings. The summed E-state index contributed by atoms with van der Waals surface area (Å²) in [5, 5.41) is 11.5. The molecule has 0 bridgehead atoms. The van der Waals surface area contributed by atoms with E-state index in [4.69, 9.17) is 9.84 Å². The minimum atomic E-state index is -0.995. The Morgan fingerprint density at radius 2 is 2.14 bits per heavy atom. The molecule has 116 valence electrons. The zero-order chi connectivity index (χ0) is 15.7. The van der Waals surface area contributed by atoms with Gasteiger partial charge in [-0.3, -0.25) is 4.79 Å². The van der Waals surface area contributed by atoms with Gasteiger partial charge < -0.3 is 15.2 Å². The molecule has 0 unspecified atom stereocenters. The van der Waals surface area contributed by atoms with Crippen molar-refractivity contribution in [3.63, 3.8) is 0 Å². The number of carboxylic acids is 1. The van der Waals surface area contributed by atoms with Gasteiger partial charge in [-0.05, 0) is 43.9 Å². The molecule has 0 aliphatic rings. The molecular weight excluding hydrogens is 290 g/mol. The molecule has 0 aliphatic carbocycles. The Hall–Kier alpha value is -1.66. The highest BCUT2D eigenvalue weighted by Gasteiger charge is 2.10. The number of methoxy groups -OCH3 is 1. The molecule has 0 atom stereocenters. The lowest BCUT2D eigenvalue weighted by Crippen LogP contribution is -2.23. The van der Waals surface area contributed by atoms with E-state index in [0.29, 0.717) is 11.4 Å². The van der Waals surface area contributed by atoms with E-state index in [-0.39, 0.29) is 5.91 Å². The average molecular weight is 311 g/mol. The Balaban J connectivity index is 2.44. The third-order valence-corrected chi connectivity index (χ3v) is 4.07. The highest BCUT2D eigenvalue weighted by molar-refractivity contribution is 7.15. The van der Waals surface area contributed by atoms with Crippen LogP contribution in [0.15, 0.2) is 12.1 Å². The molecule has 0 aromatic carbocycles. The van der Waals surface area contributed by atoms with Gasteiger partial charge in [-0.1, -0.05) is 0 Å². The van der Waals surface area contributed by atoms with Crippen LogP contribution in [0.1, 0.15) is 39.4 Å². The Morgan fingerprint density at radius 1 is 1.38 bits per heavy atom. The van der Waals surface area contributed by atoms with Gasteiger partial charge in [0, 0.05) is 31.2 Å². The van der Waals surface area contributed by atoms with Crippen molar-refractivity contribution in [2.75, 3.05) is 20.3 Å². The van der Waals surface area contributed by atoms with Crippen LogP contribution in [0.4, 0.5) is 0 Å². The lowest BCUT2D eigenvalue weighted by Gasteiger charge is -2.03. The number of thiophene rings is 1. The minimum Gasteiger partial charge on any atom is -0.478 e. The predicted octanol–water partition coefficient (Wildman–Crippen LogP) is 2.70. The molecule has 21 heavy (non-hydrogen) atoms. The van der Waals surface area contributed by atoms with Crippen molar-refractivity contribution in [2.24, 2.45) is 0 Å². The van der Waals surface area contributed by atoms with Gasteiger partial charge in [-0.25, -0.2) is 4.79 Å². The summed E-state index contributed by atoms with van der Waals surface area (Å²) < 4.78 is 4.96. The maximum Gasteiger partial charge on any atom is 0.328 e. The second-order valence-electron chi connectivity index (χ2n) is 4.64. The van der Waals surface area contributed by atoms with Crippen molar-refractivity contribution >= 4 is 29.3 Å². The molecule has 0 spiro atoms. The highest BCUT2D eigenvalue weighted by atomic mass is 32.1. The fraction of sp³-hybridized carbons (Fsp3) is 0.467. The van der Waals surface area contributed by atoms with Crippen molar-refractivity contribution in [1.82, 2.24) is 5.32 Å². The van der Waals surface area contributed by atoms with E-state index in [1.54, 1.807) is 13.2 Å². The van der Waals surface area contributed by atoms with Crippen molar-refractivity contribution in [3.05, 3.63) is 27.5 Å². The summed E-state index contributed by atoms with van der Waals surface area (Å²) in [7, 11) is 1.68. The summed E-state index contributed by atoms with van der Waals surface area (Å²) in [6.45, 7) is 3.25. The number of aryl methyl sites for hydroxylation is 1. The van der Waals surface area contributed by atoms with Gasteiger partial charge >= 0.3 is 5.97 Å². The molecule has 2 N–H and O–H groups in total. The third-order valence-electron chi connectivity index (χ3n) is 2.87. The van der Waals surface area contributed by atoms with E-state index in [9.17, 15) is 9.59 Å². The van der Waals surface area contributed by atoms with Gasteiger partial charge in [-0.15, -0.1) is 11.3 Å². The number of aliphatic carboxylic acids is 1. The van der Waals surface area contributed by atoms with Gasteiger partial charge in [0.05, 0.1) is 4.88 Å². The van der Waals surface area contributed by atoms with Crippen LogP contribution in [0.5, 0.6) is 0 Å². The van der Waals surface area contributed by atoms with Crippen LogP contribution in [0.25, 0.3) is 6.08 Å². The van der Waals surface area contributed by atoms with Gasteiger partial charge in [0.15, 0.2) is 0 Å². The van der Waals surface area contributed by atoms with Gasteiger partial charge in [0.2, 0.25) is 0 Å². The number of hydrogen-bond acceptors (Lipinski definition) is 4. The number of hydrogen-bond donors (Lipinski definition) is 2. The first-order valence-corrected chi connectivity index (χ1v) is 7.65. The standard InChI is InChI=1S/C15H21NO4S/c1-11-10-13(21-12(11)6-7-14(17)18)15(19)16-8-4-3-5-9-20-2/h6-7,10H,3-5,8-9H2,1-2H3,(H,16,19)(H,17,18)/b7-6+. The molecule has 6 heteroatoms. The number of nitrogens with one attached hydrogen (secondary N) is 1. The molecule has 5 nitrogen and oxygen atoms in total. The number of carbonyl (C=O) groups is 2. The number of carbonyl (C=O) groups excluding carboxylic acids is 1. The third kappa shape index (κ3) is 6.55. The van der Waals surface area contributed by atoms with Crippen LogP contribution < -0.4 is 5.32 Å². The summed E-state index contributed by atoms with van der Waals surface area (Å²) in [5.74, 6) is -1.10. The van der Waals surface area contributed by atoms with Crippen LogP contribution in [-0.2, 0) is 9.53 Å². The quantitative estimate of drug-likeness (QED) is 0.543. The van der Waals surface area contributed by atoms with Crippen molar-refractivity contribution in [1.29, 1.82) is 0 Å². The monoisotopic (exact) mass is 311 g/mol. The molecular formula is C15H21NO4S. The summed E-state index contributed by atoms with van der Waals surface area (Å²) in [6, 6.07) is 1.78. The Kier molecular flexibility index (Phi) is 7.71. The molecule has 0 radical (unpaired) electrons. The smallest absolute Gasteiger partial charge is 0.328 e. The maximum absolute atomic E-state index is 12.0. The van der Waals surface area contributed by atoms with E-state index in [0.717, 1.165) is 42.4 Å². The average Bonchev–Trinajstić information content (AvgIpc) is 2.81. The summed E-state index contributed by atoms with van der Waals surface area (Å²) >= 11 is 1.30. The van der Waals surface area contributed by atoms with Crippen LogP contribution in [-0.4, -0.2) is 37.2 Å². The number of rotatable bonds is 9. The van der Waals surface area contributed by atoms with Crippen LogP contribution >= 0.6 is 11.3 Å². The Morgan fingerprint density at radius 3 is 2.81 bits per heavy atom. The van der Waals surface area contributed by atoms with Crippen molar-refractivity contribution < 1.29 is 19.4 Å². The highest BCUT2D eigenvalue weighted by Crippen LogP contribution is 2.23. The first-order valence-electron chi connectivity index (χ1n) is 6.83. The largest absolute Gasteiger partial charge is 0.478 e. The molecule has 0 saturated heterocycles. The van der Waals surface area contributed by atoms with E-state index in [1.165, 1.54) is 17.4 Å².